The van der Waals surface area contributed by atoms with Crippen LogP contribution in [-0.4, -0.2) is 149 Å². The molecule has 326 valence electrons. The van der Waals surface area contributed by atoms with Gasteiger partial charge in [-0.3, -0.25) is 9.59 Å². The Morgan fingerprint density at radius 3 is 2.11 bits per heavy atom. The number of carbonyl (C=O) groups is 2. The third-order valence-corrected chi connectivity index (χ3v) is 12.8. The average molecular weight is 803 g/mol. The van der Waals surface area contributed by atoms with Crippen molar-refractivity contribution in [1.82, 2.24) is 4.90 Å². The van der Waals surface area contributed by atoms with Crippen LogP contribution < -0.4 is 0 Å². The first-order chi connectivity index (χ1) is 25.9. The monoisotopic (exact) mass is 803 g/mol. The SMILES string of the molecule is CC[C@H]1OC(=O)[C@H](C)[C@@H](O[C@@H]2C[C@@H](C)[C@H](OC(C)=O)[C@](C)(OC)C2)[C@H](C)[C@@H](O[C@@H]2O[C@H](C)C[C@H](N(C)C)[C@H]2O)[C@@](C)(O)C[C@@H](C)/C(=N/OC)[C@H](C)[C@@H](O)[C@]1(C)O. The molecule has 0 unspecified atom stereocenters. The van der Waals surface area contributed by atoms with E-state index in [1.54, 1.807) is 34.8 Å². The van der Waals surface area contributed by atoms with E-state index in [4.69, 9.17) is 33.3 Å². The molecule has 2 heterocycles. The summed E-state index contributed by atoms with van der Waals surface area (Å²) in [4.78, 5) is 33.6. The van der Waals surface area contributed by atoms with Gasteiger partial charge in [0.2, 0.25) is 0 Å². The normalized spacial score (nSPS) is 46.9. The van der Waals surface area contributed by atoms with Crippen LogP contribution >= 0.6 is 0 Å². The minimum atomic E-state index is -1.91. The first kappa shape index (κ1) is 48.4. The molecule has 2 aliphatic heterocycles. The molecule has 0 spiro atoms. The van der Waals surface area contributed by atoms with E-state index in [1.165, 1.54) is 21.0 Å². The number of hydrogen-bond acceptors (Lipinski definition) is 15. The molecular formula is C41H74N2O13. The van der Waals surface area contributed by atoms with Crippen LogP contribution in [-0.2, 0) is 42.8 Å². The number of cyclic esters (lactones) is 1. The highest BCUT2D eigenvalue weighted by atomic mass is 16.7. The van der Waals surface area contributed by atoms with Gasteiger partial charge in [0, 0.05) is 44.2 Å². The highest BCUT2D eigenvalue weighted by Crippen LogP contribution is 2.43. The molecular weight excluding hydrogens is 728 g/mol. The number of carbonyl (C=O) groups excluding carboxylic acids is 2. The van der Waals surface area contributed by atoms with Gasteiger partial charge in [-0.1, -0.05) is 39.8 Å². The van der Waals surface area contributed by atoms with Crippen molar-refractivity contribution in [1.29, 1.82) is 0 Å². The molecule has 2 saturated heterocycles. The minimum absolute atomic E-state index is 0.0356. The number of aliphatic hydroxyl groups is 4. The Balaban J connectivity index is 2.23. The van der Waals surface area contributed by atoms with Gasteiger partial charge in [-0.05, 0) is 80.3 Å². The first-order valence-corrected chi connectivity index (χ1v) is 20.3. The van der Waals surface area contributed by atoms with E-state index in [2.05, 4.69) is 5.16 Å². The second-order valence-electron chi connectivity index (χ2n) is 17.9. The lowest BCUT2D eigenvalue weighted by Crippen LogP contribution is -2.61. The smallest absolute Gasteiger partial charge is 0.311 e. The summed E-state index contributed by atoms with van der Waals surface area (Å²) in [5.74, 6) is -4.36. The molecule has 15 heteroatoms. The fraction of sp³-hybridized carbons (Fsp3) is 0.927. The molecule has 0 amide bonds. The summed E-state index contributed by atoms with van der Waals surface area (Å²) in [6.07, 6.45) is -6.65. The number of nitrogens with zero attached hydrogens (tertiary/aromatic N) is 2. The van der Waals surface area contributed by atoms with E-state index in [0.29, 0.717) is 25.0 Å². The van der Waals surface area contributed by atoms with Crippen molar-refractivity contribution in [3.63, 3.8) is 0 Å². The van der Waals surface area contributed by atoms with Gasteiger partial charge >= 0.3 is 11.9 Å². The first-order valence-electron chi connectivity index (χ1n) is 20.3. The summed E-state index contributed by atoms with van der Waals surface area (Å²) in [6, 6.07) is -0.301. The van der Waals surface area contributed by atoms with Crippen molar-refractivity contribution in [3.05, 3.63) is 0 Å². The van der Waals surface area contributed by atoms with E-state index >= 15 is 0 Å². The molecule has 3 rings (SSSR count). The van der Waals surface area contributed by atoms with Gasteiger partial charge in [0.1, 0.15) is 36.6 Å². The van der Waals surface area contributed by atoms with Crippen molar-refractivity contribution in [2.24, 2.45) is 34.7 Å². The number of aliphatic hydroxyl groups excluding tert-OH is 2. The number of methoxy groups -OCH3 is 1. The molecule has 3 fully saturated rings. The van der Waals surface area contributed by atoms with Crippen LogP contribution in [0.25, 0.3) is 0 Å². The van der Waals surface area contributed by atoms with Gasteiger partial charge in [0.25, 0.3) is 0 Å². The fourth-order valence-corrected chi connectivity index (χ4v) is 9.67. The average Bonchev–Trinajstić information content (AvgIpc) is 3.11. The number of hydrogen-bond donors (Lipinski definition) is 4. The van der Waals surface area contributed by atoms with Gasteiger partial charge in [-0.15, -0.1) is 0 Å². The quantitative estimate of drug-likeness (QED) is 0.196. The molecule has 18 atom stereocenters. The predicted octanol–water partition coefficient (Wildman–Crippen LogP) is 3.45. The van der Waals surface area contributed by atoms with E-state index in [1.807, 2.05) is 53.6 Å². The third kappa shape index (κ3) is 10.8. The molecule has 4 N–H and O–H groups in total. The van der Waals surface area contributed by atoms with Gasteiger partial charge < -0.3 is 58.6 Å². The minimum Gasteiger partial charge on any atom is -0.459 e. The summed E-state index contributed by atoms with van der Waals surface area (Å²) < 4.78 is 37.8. The largest absolute Gasteiger partial charge is 0.459 e. The maximum atomic E-state index is 14.3. The molecule has 1 aliphatic carbocycles. The van der Waals surface area contributed by atoms with Crippen molar-refractivity contribution < 1.29 is 63.3 Å². The number of esters is 2. The lowest BCUT2D eigenvalue weighted by Gasteiger charge is -2.49. The maximum Gasteiger partial charge on any atom is 0.311 e. The maximum absolute atomic E-state index is 14.3. The Morgan fingerprint density at radius 1 is 0.946 bits per heavy atom. The number of ether oxygens (including phenoxy) is 6. The van der Waals surface area contributed by atoms with Crippen LogP contribution in [0.3, 0.4) is 0 Å². The highest BCUT2D eigenvalue weighted by molar-refractivity contribution is 5.88. The van der Waals surface area contributed by atoms with Gasteiger partial charge in [0.15, 0.2) is 6.29 Å². The predicted molar refractivity (Wildman–Crippen MR) is 208 cm³/mol. The van der Waals surface area contributed by atoms with Crippen molar-refractivity contribution in [2.75, 3.05) is 28.3 Å². The summed E-state index contributed by atoms with van der Waals surface area (Å²) in [6.45, 7) is 19.0. The zero-order valence-corrected chi connectivity index (χ0v) is 36.6. The van der Waals surface area contributed by atoms with E-state index in [-0.39, 0.29) is 30.9 Å². The van der Waals surface area contributed by atoms with Gasteiger partial charge in [0.05, 0.1) is 47.8 Å². The number of oxime groups is 1. The van der Waals surface area contributed by atoms with E-state index in [9.17, 15) is 30.0 Å². The summed E-state index contributed by atoms with van der Waals surface area (Å²) in [5.41, 5.74) is -4.15. The third-order valence-electron chi connectivity index (χ3n) is 12.8. The Hall–Kier alpha value is -1.95. The Kier molecular flexibility index (Phi) is 16.8. The van der Waals surface area contributed by atoms with E-state index < -0.39 is 101 Å². The topological polar surface area (TPSA) is 195 Å². The highest BCUT2D eigenvalue weighted by Gasteiger charge is 2.53. The molecule has 0 aromatic carbocycles. The summed E-state index contributed by atoms with van der Waals surface area (Å²) in [7, 11) is 6.69. The lowest BCUT2D eigenvalue weighted by atomic mass is 9.73. The molecule has 0 radical (unpaired) electrons. The second kappa shape index (κ2) is 19.4. The molecule has 15 nitrogen and oxygen atoms in total. The zero-order valence-electron chi connectivity index (χ0n) is 36.6. The van der Waals surface area contributed by atoms with Crippen molar-refractivity contribution in [3.8, 4) is 0 Å². The van der Waals surface area contributed by atoms with Crippen LogP contribution in [0.5, 0.6) is 0 Å². The molecule has 0 aromatic heterocycles. The van der Waals surface area contributed by atoms with Crippen LogP contribution in [0.15, 0.2) is 5.16 Å². The Morgan fingerprint density at radius 2 is 1.57 bits per heavy atom. The second-order valence-corrected chi connectivity index (χ2v) is 17.9. The molecule has 0 bridgehead atoms. The van der Waals surface area contributed by atoms with Gasteiger partial charge in [-0.25, -0.2) is 0 Å². The van der Waals surface area contributed by atoms with Crippen molar-refractivity contribution >= 4 is 17.7 Å². The van der Waals surface area contributed by atoms with Crippen LogP contribution in [0.2, 0.25) is 0 Å². The van der Waals surface area contributed by atoms with Gasteiger partial charge in [-0.2, -0.15) is 0 Å². The van der Waals surface area contributed by atoms with E-state index in [0.717, 1.165) is 0 Å². The Labute approximate surface area is 334 Å². The van der Waals surface area contributed by atoms with Crippen LogP contribution in [0.4, 0.5) is 0 Å². The molecule has 56 heavy (non-hydrogen) atoms. The fourth-order valence-electron chi connectivity index (χ4n) is 9.67. The number of rotatable bonds is 9. The summed E-state index contributed by atoms with van der Waals surface area (Å²) >= 11 is 0. The molecule has 3 aliphatic rings. The summed E-state index contributed by atoms with van der Waals surface area (Å²) in [5, 5.41) is 52.2. The lowest BCUT2D eigenvalue weighted by molar-refractivity contribution is -0.301. The van der Waals surface area contributed by atoms with Crippen molar-refractivity contribution in [2.45, 2.75) is 186 Å². The van der Waals surface area contributed by atoms with Crippen LogP contribution in [0, 0.1) is 29.6 Å². The van der Waals surface area contributed by atoms with Crippen LogP contribution in [0.1, 0.15) is 108 Å². The number of likely N-dealkylation sites (N-methyl/N-ethyl adjacent to an activating group) is 1. The molecule has 1 saturated carbocycles. The molecule has 0 aromatic rings. The standard InChI is InChI=1S/C41H74N2O13/c1-16-30-41(11,49)34(46)24(5)31(42-51-15)22(3)19-39(9,48)36(56-38-32(45)29(43(12)13)18-23(4)52-38)25(6)33(26(7)37(47)55-30)54-28-17-21(2)35(53-27(8)44)40(10,20-28)50-14/h21-26,28-30,32-36,38,45-46,48-49H,16-20H2,1-15H3/b42-31-/t21-,22-,23-,24+,25+,26-,28-,29+,30-,32-,33+,34-,35+,36-,38+,39+,40-,41-/m1/s1. The Bertz CT molecular complexity index is 1330. The zero-order chi connectivity index (χ0) is 42.7.